The number of fused-ring (bicyclic) bond motifs is 1. The summed E-state index contributed by atoms with van der Waals surface area (Å²) in [6.45, 7) is 1.22. The van der Waals surface area contributed by atoms with Crippen LogP contribution < -0.4 is 16.8 Å². The Morgan fingerprint density at radius 2 is 1.44 bits per heavy atom. The van der Waals surface area contributed by atoms with Crippen LogP contribution in [0, 0.1) is 0 Å². The van der Waals surface area contributed by atoms with Crippen molar-refractivity contribution < 1.29 is 4.79 Å². The Bertz CT molecular complexity index is 1500. The number of aromatic nitrogens is 2. The predicted octanol–water partition coefficient (Wildman–Crippen LogP) is 4.81. The third-order valence-electron chi connectivity index (χ3n) is 6.24. The summed E-state index contributed by atoms with van der Waals surface area (Å²) >= 11 is 0. The highest BCUT2D eigenvalue weighted by atomic mass is 16.1. The molecular weight excluding hydrogens is 446 g/mol. The third-order valence-corrected chi connectivity index (χ3v) is 6.24. The Morgan fingerprint density at radius 1 is 0.778 bits per heavy atom. The molecular formula is C30H27N5O. The van der Waals surface area contributed by atoms with Crippen LogP contribution in [0.4, 0.5) is 0 Å². The molecule has 0 radical (unpaired) electrons. The van der Waals surface area contributed by atoms with E-state index in [1.165, 1.54) is 0 Å². The standard InChI is InChI=1S/C30H27N5O/c31-17-20-6-10-23(11-7-20)29-25(22-4-2-1-3-5-22)16-26-27(35-29)14-15-33-28(26)19-34-30(36)24-12-8-21(18-32)9-13-24/h1-16H,17-19,31-32H2,(H,34,36). The normalized spacial score (nSPS) is 10.9. The molecule has 0 aliphatic carbocycles. The van der Waals surface area contributed by atoms with E-state index in [0.717, 1.165) is 50.1 Å². The maximum absolute atomic E-state index is 12.7. The van der Waals surface area contributed by atoms with Crippen molar-refractivity contribution in [1.29, 1.82) is 0 Å². The number of rotatable bonds is 7. The van der Waals surface area contributed by atoms with Crippen molar-refractivity contribution in [3.63, 3.8) is 0 Å². The van der Waals surface area contributed by atoms with Crippen molar-refractivity contribution in [2.75, 3.05) is 0 Å². The zero-order chi connectivity index (χ0) is 24.9. The molecule has 36 heavy (non-hydrogen) atoms. The van der Waals surface area contributed by atoms with Gasteiger partial charge >= 0.3 is 0 Å². The van der Waals surface area contributed by atoms with Crippen LogP contribution in [0.5, 0.6) is 0 Å². The van der Waals surface area contributed by atoms with Crippen LogP contribution in [-0.2, 0) is 19.6 Å². The van der Waals surface area contributed by atoms with Crippen molar-refractivity contribution in [3.8, 4) is 22.4 Å². The van der Waals surface area contributed by atoms with Gasteiger partial charge in [-0.05, 0) is 41.0 Å². The van der Waals surface area contributed by atoms with E-state index in [0.29, 0.717) is 18.7 Å². The van der Waals surface area contributed by atoms with E-state index >= 15 is 0 Å². The van der Waals surface area contributed by atoms with Gasteiger partial charge in [0.1, 0.15) is 0 Å². The number of nitrogens with one attached hydrogen (secondary N) is 1. The lowest BCUT2D eigenvalue weighted by Gasteiger charge is -2.14. The van der Waals surface area contributed by atoms with Crippen molar-refractivity contribution in [2.24, 2.45) is 11.5 Å². The van der Waals surface area contributed by atoms with Crippen molar-refractivity contribution in [2.45, 2.75) is 19.6 Å². The molecule has 0 unspecified atom stereocenters. The fraction of sp³-hybridized carbons (Fsp3) is 0.100. The number of carbonyl (C=O) groups is 1. The van der Waals surface area contributed by atoms with Crippen LogP contribution in [0.1, 0.15) is 27.2 Å². The number of nitrogens with zero attached hydrogens (tertiary/aromatic N) is 2. The Balaban J connectivity index is 1.53. The van der Waals surface area contributed by atoms with Gasteiger partial charge < -0.3 is 16.8 Å². The predicted molar refractivity (Wildman–Crippen MR) is 144 cm³/mol. The van der Waals surface area contributed by atoms with Gasteiger partial charge in [0.05, 0.1) is 23.4 Å². The van der Waals surface area contributed by atoms with Crippen LogP contribution in [0.2, 0.25) is 0 Å². The minimum absolute atomic E-state index is 0.162. The molecule has 5 aromatic rings. The van der Waals surface area contributed by atoms with E-state index in [-0.39, 0.29) is 12.5 Å². The number of amides is 1. The van der Waals surface area contributed by atoms with Gasteiger partial charge in [-0.1, -0.05) is 66.7 Å². The molecule has 0 spiro atoms. The van der Waals surface area contributed by atoms with E-state index < -0.39 is 0 Å². The lowest BCUT2D eigenvalue weighted by molar-refractivity contribution is 0.0950. The summed E-state index contributed by atoms with van der Waals surface area (Å²) in [7, 11) is 0. The molecule has 0 aliphatic heterocycles. The summed E-state index contributed by atoms with van der Waals surface area (Å²) in [5.74, 6) is -0.162. The monoisotopic (exact) mass is 473 g/mol. The van der Waals surface area contributed by atoms with Gasteiger partial charge in [-0.15, -0.1) is 0 Å². The molecule has 5 N–H and O–H groups in total. The van der Waals surface area contributed by atoms with Crippen molar-refractivity contribution >= 4 is 16.8 Å². The van der Waals surface area contributed by atoms with Gasteiger partial charge in [-0.2, -0.15) is 0 Å². The van der Waals surface area contributed by atoms with E-state index in [4.69, 9.17) is 16.5 Å². The van der Waals surface area contributed by atoms with Crippen LogP contribution in [0.15, 0.2) is 97.2 Å². The summed E-state index contributed by atoms with van der Waals surface area (Å²) in [6.07, 6.45) is 1.73. The van der Waals surface area contributed by atoms with Gasteiger partial charge in [0, 0.05) is 41.4 Å². The van der Waals surface area contributed by atoms with E-state index in [9.17, 15) is 4.79 Å². The smallest absolute Gasteiger partial charge is 0.251 e. The van der Waals surface area contributed by atoms with Crippen LogP contribution >= 0.6 is 0 Å². The van der Waals surface area contributed by atoms with Gasteiger partial charge in [0.15, 0.2) is 0 Å². The largest absolute Gasteiger partial charge is 0.346 e. The summed E-state index contributed by atoms with van der Waals surface area (Å²) < 4.78 is 0. The number of hydrogen-bond donors (Lipinski definition) is 3. The maximum atomic E-state index is 12.7. The summed E-state index contributed by atoms with van der Waals surface area (Å²) in [5, 5.41) is 3.89. The fourth-order valence-electron chi connectivity index (χ4n) is 4.21. The quantitative estimate of drug-likeness (QED) is 0.314. The molecule has 6 nitrogen and oxygen atoms in total. The molecule has 1 amide bonds. The molecule has 0 saturated carbocycles. The Kier molecular flexibility index (Phi) is 6.80. The number of nitrogens with two attached hydrogens (primary N) is 2. The zero-order valence-electron chi connectivity index (χ0n) is 19.8. The fourth-order valence-corrected chi connectivity index (χ4v) is 4.21. The first-order valence-corrected chi connectivity index (χ1v) is 11.9. The average Bonchev–Trinajstić information content (AvgIpc) is 2.95. The topological polar surface area (TPSA) is 107 Å². The summed E-state index contributed by atoms with van der Waals surface area (Å²) in [4.78, 5) is 22.4. The Labute approximate surface area is 210 Å². The van der Waals surface area contributed by atoms with E-state index in [2.05, 4.69) is 40.6 Å². The first-order valence-electron chi connectivity index (χ1n) is 11.9. The molecule has 0 aliphatic rings. The minimum atomic E-state index is -0.162. The molecule has 2 heterocycles. The summed E-state index contributed by atoms with van der Waals surface area (Å²) in [5.41, 5.74) is 19.6. The van der Waals surface area contributed by atoms with Gasteiger partial charge in [0.2, 0.25) is 0 Å². The molecule has 5 rings (SSSR count). The highest BCUT2D eigenvalue weighted by Gasteiger charge is 2.15. The number of hydrogen-bond acceptors (Lipinski definition) is 5. The van der Waals surface area contributed by atoms with Crippen LogP contribution in [0.3, 0.4) is 0 Å². The van der Waals surface area contributed by atoms with Crippen LogP contribution in [0.25, 0.3) is 33.3 Å². The average molecular weight is 474 g/mol. The molecule has 6 heteroatoms. The van der Waals surface area contributed by atoms with Crippen molar-refractivity contribution in [3.05, 3.63) is 120 Å². The van der Waals surface area contributed by atoms with Gasteiger partial charge in [-0.3, -0.25) is 9.78 Å². The highest BCUT2D eigenvalue weighted by molar-refractivity contribution is 5.95. The zero-order valence-corrected chi connectivity index (χ0v) is 19.8. The van der Waals surface area contributed by atoms with Gasteiger partial charge in [-0.25, -0.2) is 4.98 Å². The van der Waals surface area contributed by atoms with Gasteiger partial charge in [0.25, 0.3) is 5.91 Å². The second kappa shape index (κ2) is 10.5. The summed E-state index contributed by atoms with van der Waals surface area (Å²) in [6, 6.07) is 29.7. The molecule has 178 valence electrons. The second-order valence-corrected chi connectivity index (χ2v) is 8.56. The molecule has 0 bridgehead atoms. The SMILES string of the molecule is NCc1ccc(C(=O)NCc2nccc3nc(-c4ccc(CN)cc4)c(-c4ccccc4)cc23)cc1. The molecule has 0 fully saturated rings. The first kappa shape index (κ1) is 23.4. The molecule has 2 aromatic heterocycles. The lowest BCUT2D eigenvalue weighted by atomic mass is 9.96. The molecule has 0 saturated heterocycles. The number of carbonyl (C=O) groups excluding carboxylic acids is 1. The Hall–Kier alpha value is -4.39. The maximum Gasteiger partial charge on any atom is 0.251 e. The van der Waals surface area contributed by atoms with E-state index in [1.54, 1.807) is 18.3 Å². The number of pyridine rings is 2. The Morgan fingerprint density at radius 3 is 2.11 bits per heavy atom. The third kappa shape index (κ3) is 4.86. The lowest BCUT2D eigenvalue weighted by Crippen LogP contribution is -2.23. The number of benzene rings is 3. The van der Waals surface area contributed by atoms with Crippen LogP contribution in [-0.4, -0.2) is 15.9 Å². The molecule has 0 atom stereocenters. The van der Waals surface area contributed by atoms with E-state index in [1.807, 2.05) is 48.5 Å². The first-order chi connectivity index (χ1) is 17.7. The highest BCUT2D eigenvalue weighted by Crippen LogP contribution is 2.34. The molecule has 3 aromatic carbocycles. The minimum Gasteiger partial charge on any atom is -0.346 e. The second-order valence-electron chi connectivity index (χ2n) is 8.56. The van der Waals surface area contributed by atoms with Crippen molar-refractivity contribution in [1.82, 2.24) is 15.3 Å².